The van der Waals surface area contributed by atoms with E-state index in [-0.39, 0.29) is 11.0 Å². The summed E-state index contributed by atoms with van der Waals surface area (Å²) in [5.41, 5.74) is 1.39. The van der Waals surface area contributed by atoms with E-state index in [0.717, 1.165) is 16.9 Å². The second kappa shape index (κ2) is 4.93. The van der Waals surface area contributed by atoms with Gasteiger partial charge in [0.1, 0.15) is 4.21 Å². The second-order valence-corrected chi connectivity index (χ2v) is 6.86. The Balaban J connectivity index is 2.07. The van der Waals surface area contributed by atoms with Gasteiger partial charge < -0.3 is 9.47 Å². The SMILES string of the molecule is NS(=O)(=O)c1sc2c(c1C=Cc1ccccc1)OCO2. The van der Waals surface area contributed by atoms with Crippen LogP contribution in [-0.2, 0) is 10.0 Å². The molecule has 0 aliphatic carbocycles. The summed E-state index contributed by atoms with van der Waals surface area (Å²) in [6.45, 7) is 0.0955. The Morgan fingerprint density at radius 2 is 1.90 bits per heavy atom. The molecular formula is C13H11NO4S2. The van der Waals surface area contributed by atoms with Crippen molar-refractivity contribution in [3.8, 4) is 10.8 Å². The lowest BCUT2D eigenvalue weighted by atomic mass is 10.2. The fourth-order valence-electron chi connectivity index (χ4n) is 1.86. The minimum atomic E-state index is -3.81. The van der Waals surface area contributed by atoms with Gasteiger partial charge in [-0.2, -0.15) is 0 Å². The van der Waals surface area contributed by atoms with Crippen LogP contribution < -0.4 is 14.6 Å². The monoisotopic (exact) mass is 309 g/mol. The summed E-state index contributed by atoms with van der Waals surface area (Å²) in [6, 6.07) is 9.54. The van der Waals surface area contributed by atoms with Gasteiger partial charge in [-0.15, -0.1) is 0 Å². The van der Waals surface area contributed by atoms with Crippen molar-refractivity contribution in [2.24, 2.45) is 5.14 Å². The van der Waals surface area contributed by atoms with Gasteiger partial charge in [0.15, 0.2) is 5.75 Å². The van der Waals surface area contributed by atoms with Crippen LogP contribution in [0, 0.1) is 0 Å². The zero-order valence-corrected chi connectivity index (χ0v) is 11.9. The summed E-state index contributed by atoms with van der Waals surface area (Å²) in [6.07, 6.45) is 3.48. The van der Waals surface area contributed by atoms with E-state index in [2.05, 4.69) is 0 Å². The minimum absolute atomic E-state index is 0.0504. The van der Waals surface area contributed by atoms with Crippen LogP contribution in [0.4, 0.5) is 0 Å². The molecule has 0 spiro atoms. The number of sulfonamides is 1. The summed E-state index contributed by atoms with van der Waals surface area (Å²) >= 11 is 0.979. The molecule has 0 amide bonds. The molecule has 3 rings (SSSR count). The molecule has 2 aromatic rings. The van der Waals surface area contributed by atoms with Crippen LogP contribution >= 0.6 is 11.3 Å². The first kappa shape index (κ1) is 13.2. The van der Waals surface area contributed by atoms with E-state index in [4.69, 9.17) is 14.6 Å². The molecule has 1 aliphatic heterocycles. The van der Waals surface area contributed by atoms with Crippen LogP contribution in [-0.4, -0.2) is 15.2 Å². The topological polar surface area (TPSA) is 78.6 Å². The minimum Gasteiger partial charge on any atom is -0.452 e. The molecular weight excluding hydrogens is 298 g/mol. The smallest absolute Gasteiger partial charge is 0.248 e. The van der Waals surface area contributed by atoms with Crippen molar-refractivity contribution in [1.82, 2.24) is 0 Å². The Morgan fingerprint density at radius 1 is 1.15 bits per heavy atom. The quantitative estimate of drug-likeness (QED) is 0.943. The van der Waals surface area contributed by atoms with Gasteiger partial charge in [-0.1, -0.05) is 47.7 Å². The fraction of sp³-hybridized carbons (Fsp3) is 0.0769. The summed E-state index contributed by atoms with van der Waals surface area (Å²) < 4.78 is 33.8. The molecule has 0 saturated carbocycles. The summed E-state index contributed by atoms with van der Waals surface area (Å²) in [5.74, 6) is 0.436. The highest BCUT2D eigenvalue weighted by Gasteiger charge is 2.29. The number of ether oxygens (including phenoxy) is 2. The Kier molecular flexibility index (Phi) is 3.25. The van der Waals surface area contributed by atoms with E-state index >= 15 is 0 Å². The average molecular weight is 309 g/mol. The number of nitrogens with two attached hydrogens (primary N) is 1. The van der Waals surface area contributed by atoms with Crippen molar-refractivity contribution in [2.45, 2.75) is 4.21 Å². The van der Waals surface area contributed by atoms with Crippen LogP contribution in [0.1, 0.15) is 11.1 Å². The van der Waals surface area contributed by atoms with Gasteiger partial charge >= 0.3 is 0 Å². The summed E-state index contributed by atoms with van der Waals surface area (Å²) in [7, 11) is -3.81. The molecule has 1 aliphatic rings. The molecule has 1 aromatic heterocycles. The van der Waals surface area contributed by atoms with Gasteiger partial charge in [0.2, 0.25) is 21.9 Å². The van der Waals surface area contributed by atoms with Crippen molar-refractivity contribution < 1.29 is 17.9 Å². The molecule has 1 aromatic carbocycles. The van der Waals surface area contributed by atoms with Crippen molar-refractivity contribution in [2.75, 3.05) is 6.79 Å². The molecule has 0 unspecified atom stereocenters. The van der Waals surface area contributed by atoms with Gasteiger partial charge in [0, 0.05) is 0 Å². The highest BCUT2D eigenvalue weighted by atomic mass is 32.2. The highest BCUT2D eigenvalue weighted by Crippen LogP contribution is 2.47. The first-order valence-corrected chi connectivity index (χ1v) is 8.10. The van der Waals surface area contributed by atoms with Crippen LogP contribution in [0.2, 0.25) is 0 Å². The number of rotatable bonds is 3. The number of hydrogen-bond donors (Lipinski definition) is 1. The van der Waals surface area contributed by atoms with Gasteiger partial charge in [0.05, 0.1) is 5.56 Å². The van der Waals surface area contributed by atoms with Crippen molar-refractivity contribution >= 4 is 33.5 Å². The van der Waals surface area contributed by atoms with Crippen LogP contribution in [0.3, 0.4) is 0 Å². The third kappa shape index (κ3) is 2.43. The maximum absolute atomic E-state index is 11.6. The van der Waals surface area contributed by atoms with Crippen LogP contribution in [0.5, 0.6) is 10.8 Å². The standard InChI is InChI=1S/C13H11NO4S2/c14-20(15,16)13-10(11-12(19-13)18-8-17-11)7-6-9-4-2-1-3-5-9/h1-7H,8H2,(H2,14,15,16). The molecule has 0 atom stereocenters. The first-order valence-electron chi connectivity index (χ1n) is 5.74. The molecule has 0 fully saturated rings. The third-order valence-electron chi connectivity index (χ3n) is 2.73. The van der Waals surface area contributed by atoms with E-state index in [1.54, 1.807) is 12.2 Å². The zero-order valence-electron chi connectivity index (χ0n) is 10.3. The Morgan fingerprint density at radius 3 is 2.60 bits per heavy atom. The van der Waals surface area contributed by atoms with E-state index in [1.807, 2.05) is 30.3 Å². The van der Waals surface area contributed by atoms with Crippen molar-refractivity contribution in [3.63, 3.8) is 0 Å². The second-order valence-electron chi connectivity index (χ2n) is 4.12. The molecule has 0 radical (unpaired) electrons. The van der Waals surface area contributed by atoms with Crippen LogP contribution in [0.15, 0.2) is 34.5 Å². The number of benzene rings is 1. The number of primary sulfonamides is 1. The van der Waals surface area contributed by atoms with E-state index < -0.39 is 10.0 Å². The van der Waals surface area contributed by atoms with Gasteiger partial charge in [-0.05, 0) is 11.6 Å². The molecule has 20 heavy (non-hydrogen) atoms. The lowest BCUT2D eigenvalue weighted by Crippen LogP contribution is -2.12. The molecule has 0 bridgehead atoms. The Hall–Kier alpha value is -1.83. The largest absolute Gasteiger partial charge is 0.452 e. The normalized spacial score (nSPS) is 14.1. The fourth-order valence-corrected chi connectivity index (χ4v) is 3.83. The number of hydrogen-bond acceptors (Lipinski definition) is 5. The Labute approximate surface area is 120 Å². The van der Waals surface area contributed by atoms with E-state index in [9.17, 15) is 8.42 Å². The Bertz CT molecular complexity index is 763. The summed E-state index contributed by atoms with van der Waals surface area (Å²) in [4.78, 5) is 0. The molecule has 104 valence electrons. The van der Waals surface area contributed by atoms with E-state index in [1.165, 1.54) is 0 Å². The lowest BCUT2D eigenvalue weighted by molar-refractivity contribution is 0.175. The maximum Gasteiger partial charge on any atom is 0.248 e. The average Bonchev–Trinajstić information content (AvgIpc) is 2.97. The molecule has 2 heterocycles. The predicted molar refractivity (Wildman–Crippen MR) is 77.2 cm³/mol. The maximum atomic E-state index is 11.6. The van der Waals surface area contributed by atoms with Gasteiger partial charge in [0.25, 0.3) is 0 Å². The molecule has 7 heteroatoms. The highest BCUT2D eigenvalue weighted by molar-refractivity contribution is 7.91. The molecule has 2 N–H and O–H groups in total. The third-order valence-corrected chi connectivity index (χ3v) is 5.31. The van der Waals surface area contributed by atoms with E-state index in [0.29, 0.717) is 16.4 Å². The van der Waals surface area contributed by atoms with Crippen molar-refractivity contribution in [1.29, 1.82) is 0 Å². The van der Waals surface area contributed by atoms with Gasteiger partial charge in [-0.3, -0.25) is 0 Å². The molecule has 0 saturated heterocycles. The van der Waals surface area contributed by atoms with Gasteiger partial charge in [-0.25, -0.2) is 13.6 Å². The van der Waals surface area contributed by atoms with Crippen molar-refractivity contribution in [3.05, 3.63) is 41.5 Å². The predicted octanol–water partition coefficient (Wildman–Crippen LogP) is 2.29. The molecule has 5 nitrogen and oxygen atoms in total. The number of thiophene rings is 1. The first-order chi connectivity index (χ1) is 9.55. The van der Waals surface area contributed by atoms with Crippen LogP contribution in [0.25, 0.3) is 12.2 Å². The number of fused-ring (bicyclic) bond motifs is 1. The lowest BCUT2D eigenvalue weighted by Gasteiger charge is -2.00. The zero-order chi connectivity index (χ0) is 14.2. The summed E-state index contributed by atoms with van der Waals surface area (Å²) in [5, 5.41) is 5.67.